The van der Waals surface area contributed by atoms with Crippen molar-refractivity contribution in [1.29, 1.82) is 0 Å². The fourth-order valence-electron chi connectivity index (χ4n) is 1.15. The van der Waals surface area contributed by atoms with E-state index in [9.17, 15) is 4.79 Å². The van der Waals surface area contributed by atoms with Gasteiger partial charge in [0.15, 0.2) is 0 Å². The highest BCUT2D eigenvalue weighted by Crippen LogP contribution is 2.24. The van der Waals surface area contributed by atoms with Crippen LogP contribution in [0.15, 0.2) is 17.7 Å². The molecule has 0 fully saturated rings. The normalized spacial score (nSPS) is 13.8. The number of aromatic nitrogens is 1. The standard InChI is InChI=1S/C9H7NO2S/c11-9(12)6-3-7-5-13-2-1-8(7)10-4-6/h1-4H,5H2,(H,11,12). The molecule has 1 aromatic heterocycles. The number of fused-ring (bicyclic) bond motifs is 1. The van der Waals surface area contributed by atoms with E-state index in [-0.39, 0.29) is 5.56 Å². The zero-order valence-electron chi connectivity index (χ0n) is 6.73. The number of hydrogen-bond donors (Lipinski definition) is 1. The van der Waals surface area contributed by atoms with Gasteiger partial charge in [-0.05, 0) is 23.1 Å². The number of pyridine rings is 1. The fraction of sp³-hybridized carbons (Fsp3) is 0.111. The number of hydrogen-bond acceptors (Lipinski definition) is 3. The number of carboxylic acids is 1. The summed E-state index contributed by atoms with van der Waals surface area (Å²) in [5.74, 6) is -0.116. The molecule has 66 valence electrons. The molecule has 0 aromatic carbocycles. The molecule has 0 radical (unpaired) electrons. The van der Waals surface area contributed by atoms with Crippen LogP contribution in [0.3, 0.4) is 0 Å². The third-order valence-electron chi connectivity index (χ3n) is 1.81. The van der Waals surface area contributed by atoms with Crippen LogP contribution >= 0.6 is 11.8 Å². The summed E-state index contributed by atoms with van der Waals surface area (Å²) in [5.41, 5.74) is 2.13. The molecule has 1 N–H and O–H groups in total. The third kappa shape index (κ3) is 1.58. The first-order valence-electron chi connectivity index (χ1n) is 3.78. The molecule has 0 spiro atoms. The molecule has 2 heterocycles. The third-order valence-corrected chi connectivity index (χ3v) is 2.62. The second kappa shape index (κ2) is 3.22. The maximum absolute atomic E-state index is 10.6. The molecule has 1 aliphatic rings. The summed E-state index contributed by atoms with van der Waals surface area (Å²) < 4.78 is 0. The lowest BCUT2D eigenvalue weighted by atomic mass is 10.1. The predicted octanol–water partition coefficient (Wildman–Crippen LogP) is 2.00. The van der Waals surface area contributed by atoms with E-state index in [1.165, 1.54) is 6.20 Å². The van der Waals surface area contributed by atoms with Gasteiger partial charge >= 0.3 is 5.97 Å². The van der Waals surface area contributed by atoms with Gasteiger partial charge in [-0.15, -0.1) is 11.8 Å². The van der Waals surface area contributed by atoms with Gasteiger partial charge in [0.1, 0.15) is 0 Å². The molecule has 0 bridgehead atoms. The summed E-state index contributed by atoms with van der Waals surface area (Å²) in [5, 5.41) is 10.7. The van der Waals surface area contributed by atoms with Crippen molar-refractivity contribution in [2.75, 3.05) is 0 Å². The van der Waals surface area contributed by atoms with E-state index in [2.05, 4.69) is 4.98 Å². The molecule has 0 saturated carbocycles. The van der Waals surface area contributed by atoms with E-state index in [1.54, 1.807) is 17.8 Å². The maximum atomic E-state index is 10.6. The minimum Gasteiger partial charge on any atom is -0.478 e. The second-order valence-corrected chi connectivity index (χ2v) is 3.58. The first-order valence-corrected chi connectivity index (χ1v) is 4.82. The molecule has 4 heteroatoms. The fourth-order valence-corrected chi connectivity index (χ4v) is 1.89. The topological polar surface area (TPSA) is 50.2 Å². The van der Waals surface area contributed by atoms with Crippen molar-refractivity contribution >= 4 is 23.8 Å². The Kier molecular flexibility index (Phi) is 2.06. The van der Waals surface area contributed by atoms with E-state index in [0.717, 1.165) is 17.0 Å². The highest BCUT2D eigenvalue weighted by molar-refractivity contribution is 8.01. The second-order valence-electron chi connectivity index (χ2n) is 2.69. The van der Waals surface area contributed by atoms with Crippen molar-refractivity contribution in [2.24, 2.45) is 0 Å². The summed E-state index contributed by atoms with van der Waals surface area (Å²) in [6.07, 6.45) is 3.29. The van der Waals surface area contributed by atoms with Crippen LogP contribution in [-0.4, -0.2) is 16.1 Å². The summed E-state index contributed by atoms with van der Waals surface area (Å²) >= 11 is 1.64. The molecule has 0 atom stereocenters. The lowest BCUT2D eigenvalue weighted by Crippen LogP contribution is -2.01. The average Bonchev–Trinajstić information content (AvgIpc) is 2.17. The molecule has 0 aliphatic carbocycles. The Bertz CT molecular complexity index is 387. The SMILES string of the molecule is O=C(O)c1cnc2c(c1)CSC=C2. The van der Waals surface area contributed by atoms with E-state index >= 15 is 0 Å². The van der Waals surface area contributed by atoms with Crippen LogP contribution in [-0.2, 0) is 5.75 Å². The quantitative estimate of drug-likeness (QED) is 0.741. The highest BCUT2D eigenvalue weighted by atomic mass is 32.2. The molecule has 0 unspecified atom stereocenters. The van der Waals surface area contributed by atoms with Gasteiger partial charge in [0.2, 0.25) is 0 Å². The van der Waals surface area contributed by atoms with E-state index < -0.39 is 5.97 Å². The van der Waals surface area contributed by atoms with Crippen molar-refractivity contribution in [2.45, 2.75) is 5.75 Å². The van der Waals surface area contributed by atoms with Gasteiger partial charge in [0, 0.05) is 11.9 Å². The minimum atomic E-state index is -0.921. The van der Waals surface area contributed by atoms with Gasteiger partial charge < -0.3 is 5.11 Å². The highest BCUT2D eigenvalue weighted by Gasteiger charge is 2.10. The maximum Gasteiger partial charge on any atom is 0.337 e. The first kappa shape index (κ1) is 8.31. The summed E-state index contributed by atoms with van der Waals surface area (Å²) in [6, 6.07) is 1.68. The Morgan fingerprint density at radius 3 is 3.23 bits per heavy atom. The Morgan fingerprint density at radius 1 is 1.62 bits per heavy atom. The molecule has 3 nitrogen and oxygen atoms in total. The number of carboxylic acid groups (broad SMARTS) is 1. The van der Waals surface area contributed by atoms with Gasteiger partial charge in [-0.25, -0.2) is 4.79 Å². The molecule has 13 heavy (non-hydrogen) atoms. The smallest absolute Gasteiger partial charge is 0.337 e. The zero-order valence-corrected chi connectivity index (χ0v) is 7.54. The van der Waals surface area contributed by atoms with Gasteiger partial charge in [-0.1, -0.05) is 0 Å². The molecular weight excluding hydrogens is 186 g/mol. The molecule has 1 aromatic rings. The number of aromatic carboxylic acids is 1. The summed E-state index contributed by atoms with van der Waals surface area (Å²) in [7, 11) is 0. The van der Waals surface area contributed by atoms with Crippen LogP contribution < -0.4 is 0 Å². The number of nitrogens with zero attached hydrogens (tertiary/aromatic N) is 1. The summed E-state index contributed by atoms with van der Waals surface area (Å²) in [4.78, 5) is 14.7. The van der Waals surface area contributed by atoms with Crippen molar-refractivity contribution in [3.8, 4) is 0 Å². The van der Waals surface area contributed by atoms with E-state index in [1.807, 2.05) is 11.5 Å². The Labute approximate surface area is 79.5 Å². The van der Waals surface area contributed by atoms with Gasteiger partial charge in [-0.3, -0.25) is 4.98 Å². The Balaban J connectivity index is 2.48. The Hall–Kier alpha value is -1.29. The lowest BCUT2D eigenvalue weighted by Gasteiger charge is -2.08. The summed E-state index contributed by atoms with van der Waals surface area (Å²) in [6.45, 7) is 0. The Morgan fingerprint density at radius 2 is 2.46 bits per heavy atom. The van der Waals surface area contributed by atoms with Gasteiger partial charge in [0.25, 0.3) is 0 Å². The molecule has 1 aliphatic heterocycles. The van der Waals surface area contributed by atoms with Crippen LogP contribution in [0.2, 0.25) is 0 Å². The van der Waals surface area contributed by atoms with Crippen LogP contribution in [0, 0.1) is 0 Å². The minimum absolute atomic E-state index is 0.259. The largest absolute Gasteiger partial charge is 0.478 e. The number of thioether (sulfide) groups is 1. The van der Waals surface area contributed by atoms with Crippen molar-refractivity contribution in [3.05, 3.63) is 34.5 Å². The number of carbonyl (C=O) groups is 1. The molecule has 0 amide bonds. The number of rotatable bonds is 1. The molecular formula is C9H7NO2S. The van der Waals surface area contributed by atoms with Gasteiger partial charge in [-0.2, -0.15) is 0 Å². The zero-order chi connectivity index (χ0) is 9.26. The van der Waals surface area contributed by atoms with Gasteiger partial charge in [0.05, 0.1) is 11.3 Å². The average molecular weight is 193 g/mol. The van der Waals surface area contributed by atoms with Crippen molar-refractivity contribution in [1.82, 2.24) is 4.98 Å². The monoisotopic (exact) mass is 193 g/mol. The molecule has 0 saturated heterocycles. The first-order chi connectivity index (χ1) is 6.27. The predicted molar refractivity (Wildman–Crippen MR) is 51.5 cm³/mol. The van der Waals surface area contributed by atoms with Crippen molar-refractivity contribution < 1.29 is 9.90 Å². The van der Waals surface area contributed by atoms with E-state index in [0.29, 0.717) is 0 Å². The lowest BCUT2D eigenvalue weighted by molar-refractivity contribution is 0.0696. The molecule has 2 rings (SSSR count). The van der Waals surface area contributed by atoms with E-state index in [4.69, 9.17) is 5.11 Å². The van der Waals surface area contributed by atoms with Crippen LogP contribution in [0.25, 0.3) is 6.08 Å². The van der Waals surface area contributed by atoms with Crippen LogP contribution in [0.5, 0.6) is 0 Å². The van der Waals surface area contributed by atoms with Crippen LogP contribution in [0.1, 0.15) is 21.6 Å². The van der Waals surface area contributed by atoms with Crippen molar-refractivity contribution in [3.63, 3.8) is 0 Å². The van der Waals surface area contributed by atoms with Crippen LogP contribution in [0.4, 0.5) is 0 Å².